The molecule has 2 aliphatic heterocycles. The number of aliphatic carboxylic acids is 2. The van der Waals surface area contributed by atoms with Crippen LogP contribution in [0, 0.1) is 36.3 Å². The fourth-order valence-corrected chi connectivity index (χ4v) is 7.69. The quantitative estimate of drug-likeness (QED) is 0.0693. The Kier molecular flexibility index (Phi) is 15.8. The molecule has 61 heavy (non-hydrogen) atoms. The molecule has 25 heteroatoms. The molecule has 0 saturated carbocycles. The van der Waals surface area contributed by atoms with Crippen LogP contribution < -0.4 is 25.9 Å². The highest BCUT2D eigenvalue weighted by atomic mass is 35.5. The van der Waals surface area contributed by atoms with Gasteiger partial charge in [0.15, 0.2) is 25.6 Å². The minimum atomic E-state index is -3.14. The predicted octanol–water partition coefficient (Wildman–Crippen LogP) is 4.71. The van der Waals surface area contributed by atoms with Crippen molar-refractivity contribution < 1.29 is 56.4 Å². The Morgan fingerprint density at radius 1 is 1.15 bits per heavy atom. The van der Waals surface area contributed by atoms with Crippen molar-refractivity contribution in [1.82, 2.24) is 23.3 Å². The average Bonchev–Trinajstić information content (AvgIpc) is 3.77. The van der Waals surface area contributed by atoms with Crippen molar-refractivity contribution in [3.8, 4) is 23.8 Å². The summed E-state index contributed by atoms with van der Waals surface area (Å²) < 4.78 is 77.3. The van der Waals surface area contributed by atoms with Gasteiger partial charge < -0.3 is 30.1 Å². The van der Waals surface area contributed by atoms with Crippen LogP contribution in [0.2, 0.25) is 5.02 Å². The van der Waals surface area contributed by atoms with Gasteiger partial charge in [0.2, 0.25) is 4.80 Å². The summed E-state index contributed by atoms with van der Waals surface area (Å²) in [6.45, 7) is 4.26. The second-order valence-corrected chi connectivity index (χ2v) is 18.7. The number of carboxylic acid groups (broad SMARTS) is 2. The van der Waals surface area contributed by atoms with Crippen molar-refractivity contribution >= 4 is 71.3 Å². The Balaban J connectivity index is 0.000000218. The van der Waals surface area contributed by atoms with Crippen LogP contribution in [-0.2, 0) is 38.3 Å². The summed E-state index contributed by atoms with van der Waals surface area (Å²) in [5.74, 6) is -0.823. The number of fused-ring (bicyclic) bond motifs is 2. The van der Waals surface area contributed by atoms with Gasteiger partial charge in [-0.3, -0.25) is 23.8 Å². The SMILES string of the molecule is C#CCN1C(=O)COc2cc(F)c(N=c3snc4n3CC(C)(C)C4)cc21.CP(=O)(O)CCC(N)C(=O)O.Cc1nn(-c2cc(CC(Cl)C(=O)O)c(Cl)cc2F)c(=O)n1C(F)F. The number of aryl methyl sites for hydroxylation is 1. The molecule has 3 atom stereocenters. The fourth-order valence-electron chi connectivity index (χ4n) is 5.79. The van der Waals surface area contributed by atoms with Crippen molar-refractivity contribution in [1.29, 1.82) is 0 Å². The first-order valence-corrected chi connectivity index (χ1v) is 21.6. The van der Waals surface area contributed by atoms with E-state index in [1.165, 1.54) is 35.2 Å². The van der Waals surface area contributed by atoms with Crippen LogP contribution in [0.1, 0.15) is 44.0 Å². The minimum absolute atomic E-state index is 0.0412. The van der Waals surface area contributed by atoms with E-state index in [0.717, 1.165) is 37.8 Å². The van der Waals surface area contributed by atoms with E-state index in [-0.39, 0.29) is 70.1 Å². The molecule has 0 aliphatic carbocycles. The van der Waals surface area contributed by atoms with E-state index < -0.39 is 60.3 Å². The topological polar surface area (TPSA) is 237 Å². The number of carbonyl (C=O) groups is 3. The summed E-state index contributed by atoms with van der Waals surface area (Å²) in [7, 11) is -3.10. The molecule has 330 valence electrons. The molecule has 1 amide bonds. The summed E-state index contributed by atoms with van der Waals surface area (Å²) >= 11 is 12.7. The number of carbonyl (C=O) groups excluding carboxylic acids is 1. The molecule has 3 unspecified atom stereocenters. The lowest BCUT2D eigenvalue weighted by molar-refractivity contribution is -0.138. The van der Waals surface area contributed by atoms with Gasteiger partial charge in [-0.1, -0.05) is 31.4 Å². The third kappa shape index (κ3) is 12.3. The van der Waals surface area contributed by atoms with Gasteiger partial charge in [0.05, 0.1) is 12.2 Å². The molecule has 0 radical (unpaired) electrons. The molecule has 0 spiro atoms. The van der Waals surface area contributed by atoms with Crippen LogP contribution in [0.25, 0.3) is 5.69 Å². The first kappa shape index (κ1) is 48.6. The van der Waals surface area contributed by atoms with Gasteiger partial charge in [0.1, 0.15) is 40.2 Å². The number of rotatable bonds is 11. The molecular weight excluding hydrogens is 898 g/mol. The third-order valence-electron chi connectivity index (χ3n) is 8.79. The number of hydrogen-bond acceptors (Lipinski definition) is 11. The largest absolute Gasteiger partial charge is 0.481 e. The molecule has 4 aromatic rings. The van der Waals surface area contributed by atoms with Crippen LogP contribution in [0.5, 0.6) is 5.75 Å². The first-order chi connectivity index (χ1) is 28.3. The zero-order valence-electron chi connectivity index (χ0n) is 32.7. The smallest absolute Gasteiger partial charge is 0.355 e. The van der Waals surface area contributed by atoms with E-state index in [4.69, 9.17) is 55.2 Å². The fraction of sp³-hybridized carbons (Fsp3) is 0.417. The zero-order chi connectivity index (χ0) is 45.7. The number of ether oxygens (including phenoxy) is 1. The number of hydrogen-bond donors (Lipinski definition) is 4. The van der Waals surface area contributed by atoms with E-state index in [0.29, 0.717) is 20.9 Å². The Morgan fingerprint density at radius 2 is 1.82 bits per heavy atom. The third-order valence-corrected chi connectivity index (χ3v) is 11.4. The van der Waals surface area contributed by atoms with Gasteiger partial charge in [0.25, 0.3) is 5.91 Å². The highest BCUT2D eigenvalue weighted by molar-refractivity contribution is 7.57. The van der Waals surface area contributed by atoms with E-state index >= 15 is 0 Å². The average molecular weight is 938 g/mol. The van der Waals surface area contributed by atoms with Crippen LogP contribution in [0.15, 0.2) is 34.1 Å². The second-order valence-electron chi connectivity index (χ2n) is 14.5. The molecular formula is C36H39Cl2F4N8O9PS. The molecule has 2 aromatic carbocycles. The standard InChI is InChI=1S/C18H17FN4O2S.C13H10Cl2F3N3O3.C5H12NO4P/c1-4-5-22-13-7-12(11(19)6-14(13)25-9-16(22)24)20-17-23-10-18(2,3)8-15(23)21-26-17;1-5-19-21(13(24)20(5)12(17)18)10-3-6(2-8(15)11(22)23)7(14)4-9(10)16;1-11(9,10)3-2-4(6)5(7)8/h1,6-7H,5,8-10H2,2-3H3;3-4,8,12H,2H2,1H3,(H,22,23);4H,2-3,6H2,1H3,(H,7,8)(H,9,10). The highest BCUT2D eigenvalue weighted by Gasteiger charge is 2.31. The Bertz CT molecular complexity index is 2550. The normalized spacial score (nSPS) is 16.2. The lowest BCUT2D eigenvalue weighted by Crippen LogP contribution is -2.39. The molecule has 17 nitrogen and oxygen atoms in total. The van der Waals surface area contributed by atoms with E-state index in [1.807, 2.05) is 4.57 Å². The first-order valence-electron chi connectivity index (χ1n) is 17.7. The van der Waals surface area contributed by atoms with Crippen molar-refractivity contribution in [2.45, 2.75) is 64.5 Å². The maximum Gasteiger partial charge on any atom is 0.355 e. The van der Waals surface area contributed by atoms with E-state index in [9.17, 15) is 41.3 Å². The number of nitrogens with two attached hydrogens (primary N) is 1. The number of carboxylic acids is 2. The maximum absolute atomic E-state index is 14.5. The van der Waals surface area contributed by atoms with Gasteiger partial charge in [-0.15, -0.1) is 23.1 Å². The van der Waals surface area contributed by atoms with Crippen LogP contribution >= 0.6 is 42.1 Å². The number of aromatic nitrogens is 5. The van der Waals surface area contributed by atoms with Gasteiger partial charge >= 0.3 is 24.2 Å². The summed E-state index contributed by atoms with van der Waals surface area (Å²) in [6.07, 6.45) is 5.96. The minimum Gasteiger partial charge on any atom is -0.481 e. The molecule has 0 bridgehead atoms. The lowest BCUT2D eigenvalue weighted by Gasteiger charge is -2.28. The summed E-state index contributed by atoms with van der Waals surface area (Å²) in [4.78, 5) is 60.2. The van der Waals surface area contributed by atoms with Crippen molar-refractivity contribution in [2.75, 3.05) is 30.9 Å². The van der Waals surface area contributed by atoms with Crippen LogP contribution in [0.3, 0.4) is 0 Å². The summed E-state index contributed by atoms with van der Waals surface area (Å²) in [5, 5.41) is 19.3. The Labute approximate surface area is 358 Å². The molecule has 2 aliphatic rings. The predicted molar refractivity (Wildman–Crippen MR) is 217 cm³/mol. The Morgan fingerprint density at radius 3 is 2.39 bits per heavy atom. The molecule has 0 saturated heterocycles. The monoisotopic (exact) mass is 936 g/mol. The van der Waals surface area contributed by atoms with E-state index in [2.05, 4.69) is 34.2 Å². The molecule has 4 heterocycles. The van der Waals surface area contributed by atoms with E-state index in [1.54, 1.807) is 0 Å². The van der Waals surface area contributed by atoms with Gasteiger partial charge in [-0.25, -0.2) is 23.1 Å². The van der Waals surface area contributed by atoms with Crippen molar-refractivity contribution in [2.24, 2.45) is 16.1 Å². The number of anilines is 1. The maximum atomic E-state index is 14.5. The number of halogens is 6. The number of nitrogens with zero attached hydrogens (tertiary/aromatic N) is 7. The summed E-state index contributed by atoms with van der Waals surface area (Å²) in [5.41, 5.74) is 4.23. The van der Waals surface area contributed by atoms with Crippen LogP contribution in [-0.4, -0.2) is 93.6 Å². The summed E-state index contributed by atoms with van der Waals surface area (Å²) in [6, 6.07) is 3.61. The lowest BCUT2D eigenvalue weighted by atomic mass is 9.92. The Hall–Kier alpha value is -5.04. The van der Waals surface area contributed by atoms with Crippen molar-refractivity contribution in [3.05, 3.63) is 73.4 Å². The van der Waals surface area contributed by atoms with Crippen molar-refractivity contribution in [3.63, 3.8) is 0 Å². The molecule has 2 aromatic heterocycles. The molecule has 5 N–H and O–H groups in total. The second kappa shape index (κ2) is 19.8. The highest BCUT2D eigenvalue weighted by Crippen LogP contribution is 2.38. The van der Waals surface area contributed by atoms with Crippen LogP contribution in [0.4, 0.5) is 28.9 Å². The number of benzene rings is 2. The van der Waals surface area contributed by atoms with Gasteiger partial charge in [-0.2, -0.15) is 17.8 Å². The number of amides is 1. The number of alkyl halides is 3. The van der Waals surface area contributed by atoms with Gasteiger partial charge in [0, 0.05) is 54.8 Å². The van der Waals surface area contributed by atoms with Gasteiger partial charge in [-0.05, 0) is 42.5 Å². The molecule has 0 fully saturated rings. The zero-order valence-corrected chi connectivity index (χ0v) is 35.9. The number of terminal acetylenes is 1. The molecule has 6 rings (SSSR count).